The lowest BCUT2D eigenvalue weighted by molar-refractivity contribution is 0.499. The third-order valence-electron chi connectivity index (χ3n) is 4.72. The van der Waals surface area contributed by atoms with Gasteiger partial charge in [-0.3, -0.25) is 0 Å². The molecule has 0 aliphatic heterocycles. The first kappa shape index (κ1) is 17.7. The smallest absolute Gasteiger partial charge is 0.162 e. The van der Waals surface area contributed by atoms with Crippen LogP contribution in [-0.2, 0) is 19.3 Å². The molecule has 4 heteroatoms. The molecule has 1 aliphatic carbocycles. The van der Waals surface area contributed by atoms with Crippen molar-refractivity contribution in [3.05, 3.63) is 75.9 Å². The molecular weight excluding hydrogens is 328 g/mol. The van der Waals surface area contributed by atoms with Gasteiger partial charge in [-0.05, 0) is 66.1 Å². The highest BCUT2D eigenvalue weighted by Crippen LogP contribution is 2.33. The van der Waals surface area contributed by atoms with Gasteiger partial charge in [-0.1, -0.05) is 31.9 Å². The Hall–Kier alpha value is -2.10. The van der Waals surface area contributed by atoms with Crippen LogP contribution in [0.5, 0.6) is 0 Å². The van der Waals surface area contributed by atoms with Crippen molar-refractivity contribution in [3.8, 4) is 0 Å². The van der Waals surface area contributed by atoms with E-state index in [9.17, 15) is 17.6 Å². The summed E-state index contributed by atoms with van der Waals surface area (Å²) in [5.41, 5.74) is 1.91. The minimum Gasteiger partial charge on any atom is -0.206 e. The summed E-state index contributed by atoms with van der Waals surface area (Å²) >= 11 is 0. The summed E-state index contributed by atoms with van der Waals surface area (Å²) in [7, 11) is 0. The van der Waals surface area contributed by atoms with Crippen LogP contribution in [0.4, 0.5) is 17.6 Å². The van der Waals surface area contributed by atoms with E-state index >= 15 is 0 Å². The molecule has 0 nitrogen and oxygen atoms in total. The van der Waals surface area contributed by atoms with Gasteiger partial charge < -0.3 is 0 Å². The van der Waals surface area contributed by atoms with Crippen LogP contribution in [0.1, 0.15) is 48.4 Å². The molecule has 0 amide bonds. The zero-order valence-electron chi connectivity index (χ0n) is 14.1. The van der Waals surface area contributed by atoms with E-state index in [0.717, 1.165) is 25.3 Å². The van der Waals surface area contributed by atoms with E-state index in [1.54, 1.807) is 6.08 Å². The second-order valence-electron chi connectivity index (χ2n) is 6.50. The fraction of sp³-hybridized carbons (Fsp3) is 0.333. The Morgan fingerprint density at radius 1 is 0.920 bits per heavy atom. The van der Waals surface area contributed by atoms with Crippen LogP contribution in [0.2, 0.25) is 0 Å². The van der Waals surface area contributed by atoms with Gasteiger partial charge >= 0.3 is 0 Å². The predicted molar refractivity (Wildman–Crippen MR) is 91.3 cm³/mol. The quantitative estimate of drug-likeness (QED) is 0.448. The summed E-state index contributed by atoms with van der Waals surface area (Å²) in [6, 6.07) is 5.31. The minimum atomic E-state index is -0.899. The van der Waals surface area contributed by atoms with E-state index in [1.807, 2.05) is 0 Å². The molecule has 0 unspecified atom stereocenters. The Bertz CT molecular complexity index is 798. The van der Waals surface area contributed by atoms with Crippen molar-refractivity contribution in [2.24, 2.45) is 0 Å². The first-order valence-electron chi connectivity index (χ1n) is 8.64. The number of aryl methyl sites for hydroxylation is 1. The van der Waals surface area contributed by atoms with Crippen molar-refractivity contribution in [1.29, 1.82) is 0 Å². The molecule has 0 saturated carbocycles. The zero-order chi connectivity index (χ0) is 18.0. The number of halogens is 4. The van der Waals surface area contributed by atoms with Crippen molar-refractivity contribution in [2.45, 2.75) is 45.4 Å². The van der Waals surface area contributed by atoms with E-state index in [4.69, 9.17) is 0 Å². The molecule has 25 heavy (non-hydrogen) atoms. The van der Waals surface area contributed by atoms with Gasteiger partial charge in [-0.2, -0.15) is 0 Å². The van der Waals surface area contributed by atoms with Crippen LogP contribution in [-0.4, -0.2) is 0 Å². The lowest BCUT2D eigenvalue weighted by Gasteiger charge is -2.19. The molecule has 1 aliphatic rings. The van der Waals surface area contributed by atoms with E-state index < -0.39 is 23.3 Å². The fourth-order valence-electron chi connectivity index (χ4n) is 3.37. The molecule has 0 fully saturated rings. The lowest BCUT2D eigenvalue weighted by Crippen LogP contribution is -2.09. The van der Waals surface area contributed by atoms with E-state index in [2.05, 4.69) is 6.92 Å². The van der Waals surface area contributed by atoms with Gasteiger partial charge in [-0.25, -0.2) is 17.6 Å². The van der Waals surface area contributed by atoms with Gasteiger partial charge in [0.2, 0.25) is 0 Å². The third kappa shape index (κ3) is 3.63. The molecule has 0 atom stereocenters. The topological polar surface area (TPSA) is 0 Å². The first-order chi connectivity index (χ1) is 12.0. The van der Waals surface area contributed by atoms with E-state index in [-0.39, 0.29) is 24.0 Å². The lowest BCUT2D eigenvalue weighted by atomic mass is 9.87. The van der Waals surface area contributed by atoms with Crippen LogP contribution in [0.25, 0.3) is 5.57 Å². The Morgan fingerprint density at radius 3 is 2.32 bits per heavy atom. The largest absolute Gasteiger partial charge is 0.206 e. The van der Waals surface area contributed by atoms with Gasteiger partial charge in [0, 0.05) is 5.56 Å². The summed E-state index contributed by atoms with van der Waals surface area (Å²) in [6.45, 7) is 2.08. The second kappa shape index (κ2) is 7.42. The maximum absolute atomic E-state index is 14.5. The molecule has 2 aromatic rings. The molecule has 0 saturated heterocycles. The molecule has 3 rings (SSSR count). The number of benzene rings is 2. The molecule has 0 N–H and O–H groups in total. The number of fused-ring (bicyclic) bond motifs is 1. The summed E-state index contributed by atoms with van der Waals surface area (Å²) in [6.07, 6.45) is 5.52. The van der Waals surface area contributed by atoms with Crippen LogP contribution >= 0.6 is 0 Å². The molecule has 0 aromatic heterocycles. The highest BCUT2D eigenvalue weighted by molar-refractivity contribution is 5.71. The van der Waals surface area contributed by atoms with Crippen molar-refractivity contribution >= 4 is 5.57 Å². The standard InChI is InChI=1S/C21H20F4/c1-2-3-4-5-13-10-18(23)20(19(24)11-13)15-6-8-16-14(12-15)7-9-17(22)21(16)25/h6-7,9-11H,2-5,8,12H2,1H3. The summed E-state index contributed by atoms with van der Waals surface area (Å²) < 4.78 is 56.1. The highest BCUT2D eigenvalue weighted by atomic mass is 19.2. The Morgan fingerprint density at radius 2 is 1.64 bits per heavy atom. The monoisotopic (exact) mass is 348 g/mol. The van der Waals surface area contributed by atoms with Gasteiger partial charge in [-0.15, -0.1) is 0 Å². The Labute approximate surface area is 145 Å². The fourth-order valence-corrected chi connectivity index (χ4v) is 3.37. The zero-order valence-corrected chi connectivity index (χ0v) is 14.1. The summed E-state index contributed by atoms with van der Waals surface area (Å²) in [4.78, 5) is 0. The van der Waals surface area contributed by atoms with Crippen LogP contribution < -0.4 is 0 Å². The minimum absolute atomic E-state index is 0.0605. The normalized spacial score (nSPS) is 13.6. The Kier molecular flexibility index (Phi) is 5.26. The summed E-state index contributed by atoms with van der Waals surface area (Å²) in [5.74, 6) is -2.96. The van der Waals surface area contributed by atoms with Crippen molar-refractivity contribution < 1.29 is 17.6 Å². The summed E-state index contributed by atoms with van der Waals surface area (Å²) in [5, 5.41) is 0. The Balaban J connectivity index is 1.88. The average Bonchev–Trinajstić information content (AvgIpc) is 2.58. The number of hydrogen-bond donors (Lipinski definition) is 0. The molecule has 0 spiro atoms. The molecule has 0 heterocycles. The number of unbranched alkanes of at least 4 members (excludes halogenated alkanes) is 2. The van der Waals surface area contributed by atoms with Gasteiger partial charge in [0.25, 0.3) is 0 Å². The van der Waals surface area contributed by atoms with Crippen LogP contribution in [0, 0.1) is 23.3 Å². The van der Waals surface area contributed by atoms with Crippen LogP contribution in [0.15, 0.2) is 30.3 Å². The molecule has 0 radical (unpaired) electrons. The maximum Gasteiger partial charge on any atom is 0.162 e. The van der Waals surface area contributed by atoms with E-state index in [0.29, 0.717) is 23.1 Å². The number of allylic oxidation sites excluding steroid dienone is 2. The first-order valence-corrected chi connectivity index (χ1v) is 8.64. The molecule has 2 aromatic carbocycles. The SMILES string of the molecule is CCCCCc1cc(F)c(C2=CCc3c(ccc(F)c3F)C2)c(F)c1. The highest BCUT2D eigenvalue weighted by Gasteiger charge is 2.22. The van der Waals surface area contributed by atoms with E-state index in [1.165, 1.54) is 18.2 Å². The van der Waals surface area contributed by atoms with Crippen molar-refractivity contribution in [1.82, 2.24) is 0 Å². The number of rotatable bonds is 5. The maximum atomic E-state index is 14.5. The van der Waals surface area contributed by atoms with Gasteiger partial charge in [0.05, 0.1) is 0 Å². The predicted octanol–water partition coefficient (Wildman–Crippen LogP) is 6.16. The van der Waals surface area contributed by atoms with Gasteiger partial charge in [0.15, 0.2) is 11.6 Å². The second-order valence-corrected chi connectivity index (χ2v) is 6.50. The van der Waals surface area contributed by atoms with Crippen LogP contribution in [0.3, 0.4) is 0 Å². The van der Waals surface area contributed by atoms with Gasteiger partial charge in [0.1, 0.15) is 11.6 Å². The van der Waals surface area contributed by atoms with Crippen molar-refractivity contribution in [2.75, 3.05) is 0 Å². The average molecular weight is 348 g/mol. The molecule has 132 valence electrons. The third-order valence-corrected chi connectivity index (χ3v) is 4.72. The molecular formula is C21H20F4. The van der Waals surface area contributed by atoms with Crippen molar-refractivity contribution in [3.63, 3.8) is 0 Å². The molecule has 0 bridgehead atoms. The number of hydrogen-bond acceptors (Lipinski definition) is 0.